The van der Waals surface area contributed by atoms with Gasteiger partial charge in [-0.25, -0.2) is 0 Å². The summed E-state index contributed by atoms with van der Waals surface area (Å²) in [5, 5.41) is 3.71. The van der Waals surface area contributed by atoms with E-state index in [4.69, 9.17) is 0 Å². The number of hydrogen-bond donors (Lipinski definition) is 1. The minimum absolute atomic E-state index is 0.122. The number of hydrogen-bond acceptors (Lipinski definition) is 3. The first-order chi connectivity index (χ1) is 8.16. The van der Waals surface area contributed by atoms with Gasteiger partial charge in [0.2, 0.25) is 0 Å². The van der Waals surface area contributed by atoms with Crippen molar-refractivity contribution in [3.63, 3.8) is 0 Å². The van der Waals surface area contributed by atoms with Crippen LogP contribution >= 0.6 is 0 Å². The number of ketones is 1. The van der Waals surface area contributed by atoms with Crippen LogP contribution in [-0.2, 0) is 4.79 Å². The standard InChI is InChI=1S/C14H22N2O/c1-9(17)14-7-11-10-5-3-4-6-12(10)15-13(11)8-16(14)2/h10,12,14-15H,3-8H2,1-2H3. The summed E-state index contributed by atoms with van der Waals surface area (Å²) in [7, 11) is 2.07. The maximum atomic E-state index is 11.7. The van der Waals surface area contributed by atoms with Gasteiger partial charge >= 0.3 is 0 Å². The minimum Gasteiger partial charge on any atom is -0.384 e. The molecule has 0 amide bonds. The monoisotopic (exact) mass is 234 g/mol. The molecule has 3 rings (SSSR count). The Kier molecular flexibility index (Phi) is 2.74. The van der Waals surface area contributed by atoms with Crippen LogP contribution in [0.1, 0.15) is 39.0 Å². The number of likely N-dealkylation sites (N-methyl/N-ethyl adjacent to an activating group) is 1. The van der Waals surface area contributed by atoms with Gasteiger partial charge in [0.1, 0.15) is 5.78 Å². The number of rotatable bonds is 1. The van der Waals surface area contributed by atoms with Gasteiger partial charge in [-0.2, -0.15) is 0 Å². The SMILES string of the molecule is CC(=O)C1CC2=C(CN1C)NC1CCCCC21. The molecule has 0 aromatic rings. The Labute approximate surface area is 103 Å². The molecule has 3 aliphatic rings. The number of nitrogens with one attached hydrogen (secondary N) is 1. The maximum Gasteiger partial charge on any atom is 0.147 e. The molecule has 0 radical (unpaired) electrons. The van der Waals surface area contributed by atoms with Crippen LogP contribution < -0.4 is 5.32 Å². The molecule has 17 heavy (non-hydrogen) atoms. The van der Waals surface area contributed by atoms with E-state index in [1.54, 1.807) is 12.5 Å². The molecule has 2 aliphatic heterocycles. The lowest BCUT2D eigenvalue weighted by molar-refractivity contribution is -0.121. The Morgan fingerprint density at radius 2 is 2.12 bits per heavy atom. The van der Waals surface area contributed by atoms with Crippen LogP contribution in [0.3, 0.4) is 0 Å². The molecule has 94 valence electrons. The van der Waals surface area contributed by atoms with Crippen LogP contribution in [0, 0.1) is 5.92 Å². The topological polar surface area (TPSA) is 32.3 Å². The number of Topliss-reactive ketones (excluding diaryl/α,β-unsaturated/α-hetero) is 1. The zero-order chi connectivity index (χ0) is 12.0. The predicted molar refractivity (Wildman–Crippen MR) is 67.6 cm³/mol. The average Bonchev–Trinajstić information content (AvgIpc) is 2.64. The summed E-state index contributed by atoms with van der Waals surface area (Å²) >= 11 is 0. The molecule has 0 bridgehead atoms. The van der Waals surface area contributed by atoms with E-state index >= 15 is 0 Å². The Hall–Kier alpha value is -0.830. The number of carbonyl (C=O) groups excluding carboxylic acids is 1. The zero-order valence-corrected chi connectivity index (χ0v) is 10.8. The zero-order valence-electron chi connectivity index (χ0n) is 10.8. The second-order valence-electron chi connectivity index (χ2n) is 5.89. The normalized spacial score (nSPS) is 37.4. The summed E-state index contributed by atoms with van der Waals surface area (Å²) in [5.74, 6) is 1.05. The molecule has 1 fully saturated rings. The third-order valence-corrected chi connectivity index (χ3v) is 4.78. The molecule has 3 heteroatoms. The highest BCUT2D eigenvalue weighted by atomic mass is 16.1. The maximum absolute atomic E-state index is 11.7. The molecule has 1 aliphatic carbocycles. The van der Waals surface area contributed by atoms with Crippen LogP contribution in [0.2, 0.25) is 0 Å². The van der Waals surface area contributed by atoms with E-state index in [0.717, 1.165) is 18.9 Å². The van der Waals surface area contributed by atoms with Gasteiger partial charge in [-0.3, -0.25) is 9.69 Å². The molecule has 1 N–H and O–H groups in total. The first-order valence-corrected chi connectivity index (χ1v) is 6.86. The molecule has 1 saturated carbocycles. The molecule has 2 heterocycles. The fraction of sp³-hybridized carbons (Fsp3) is 0.786. The summed E-state index contributed by atoms with van der Waals surface area (Å²) < 4.78 is 0. The highest BCUT2D eigenvalue weighted by molar-refractivity contribution is 5.82. The number of fused-ring (bicyclic) bond motifs is 2. The summed E-state index contributed by atoms with van der Waals surface area (Å²) in [6, 6.07) is 0.795. The summed E-state index contributed by atoms with van der Waals surface area (Å²) in [6.45, 7) is 2.67. The van der Waals surface area contributed by atoms with E-state index in [1.165, 1.54) is 31.4 Å². The molecular weight excluding hydrogens is 212 g/mol. The number of nitrogens with zero attached hydrogens (tertiary/aromatic N) is 1. The lowest BCUT2D eigenvalue weighted by atomic mass is 9.79. The van der Waals surface area contributed by atoms with Gasteiger partial charge in [0.25, 0.3) is 0 Å². The van der Waals surface area contributed by atoms with Crippen molar-refractivity contribution in [3.05, 3.63) is 11.3 Å². The third kappa shape index (κ3) is 1.81. The molecule has 0 spiro atoms. The Balaban J connectivity index is 1.84. The van der Waals surface area contributed by atoms with Crippen LogP contribution in [-0.4, -0.2) is 36.4 Å². The number of carbonyl (C=O) groups is 1. The summed E-state index contributed by atoms with van der Waals surface area (Å²) in [5.41, 5.74) is 3.01. The highest BCUT2D eigenvalue weighted by Gasteiger charge is 2.40. The van der Waals surface area contributed by atoms with Crippen molar-refractivity contribution < 1.29 is 4.79 Å². The molecule has 0 aromatic carbocycles. The predicted octanol–water partition coefficient (Wildman–Crippen LogP) is 1.70. The van der Waals surface area contributed by atoms with Crippen LogP contribution in [0.15, 0.2) is 11.3 Å². The van der Waals surface area contributed by atoms with Crippen LogP contribution in [0.5, 0.6) is 0 Å². The Bertz CT molecular complexity index is 374. The van der Waals surface area contributed by atoms with E-state index in [2.05, 4.69) is 17.3 Å². The van der Waals surface area contributed by atoms with Gasteiger partial charge in [-0.1, -0.05) is 12.8 Å². The minimum atomic E-state index is 0.122. The fourth-order valence-corrected chi connectivity index (χ4v) is 3.86. The van der Waals surface area contributed by atoms with Crippen molar-refractivity contribution in [3.8, 4) is 0 Å². The van der Waals surface area contributed by atoms with Gasteiger partial charge in [0, 0.05) is 24.2 Å². The van der Waals surface area contributed by atoms with Gasteiger partial charge in [0.05, 0.1) is 6.04 Å². The van der Waals surface area contributed by atoms with E-state index in [-0.39, 0.29) is 6.04 Å². The Morgan fingerprint density at radius 1 is 1.35 bits per heavy atom. The molecule has 3 nitrogen and oxygen atoms in total. The van der Waals surface area contributed by atoms with E-state index in [9.17, 15) is 4.79 Å². The summed E-state index contributed by atoms with van der Waals surface area (Å²) in [6.07, 6.45) is 6.33. The van der Waals surface area contributed by atoms with Crippen molar-refractivity contribution in [2.24, 2.45) is 5.92 Å². The van der Waals surface area contributed by atoms with Crippen molar-refractivity contribution in [1.82, 2.24) is 10.2 Å². The third-order valence-electron chi connectivity index (χ3n) is 4.78. The van der Waals surface area contributed by atoms with Gasteiger partial charge in [-0.15, -0.1) is 0 Å². The van der Waals surface area contributed by atoms with Gasteiger partial charge < -0.3 is 5.32 Å². The lowest BCUT2D eigenvalue weighted by Gasteiger charge is -2.33. The highest BCUT2D eigenvalue weighted by Crippen LogP contribution is 2.41. The smallest absolute Gasteiger partial charge is 0.147 e. The van der Waals surface area contributed by atoms with Crippen molar-refractivity contribution in [2.45, 2.75) is 51.1 Å². The summed E-state index contributed by atoms with van der Waals surface area (Å²) in [4.78, 5) is 13.9. The fourth-order valence-electron chi connectivity index (χ4n) is 3.86. The van der Waals surface area contributed by atoms with Crippen molar-refractivity contribution in [1.29, 1.82) is 0 Å². The molecule has 0 aromatic heterocycles. The Morgan fingerprint density at radius 3 is 2.88 bits per heavy atom. The second kappa shape index (κ2) is 4.13. The second-order valence-corrected chi connectivity index (χ2v) is 5.89. The van der Waals surface area contributed by atoms with Gasteiger partial charge in [-0.05, 0) is 38.8 Å². The van der Waals surface area contributed by atoms with E-state index < -0.39 is 0 Å². The molecule has 0 saturated heterocycles. The van der Waals surface area contributed by atoms with E-state index in [1.807, 2.05) is 0 Å². The first-order valence-electron chi connectivity index (χ1n) is 6.86. The van der Waals surface area contributed by atoms with E-state index in [0.29, 0.717) is 11.8 Å². The van der Waals surface area contributed by atoms with Crippen molar-refractivity contribution >= 4 is 5.78 Å². The molecule has 3 unspecified atom stereocenters. The van der Waals surface area contributed by atoms with Crippen LogP contribution in [0.25, 0.3) is 0 Å². The molecule has 3 atom stereocenters. The van der Waals surface area contributed by atoms with Gasteiger partial charge in [0.15, 0.2) is 0 Å². The average molecular weight is 234 g/mol. The molecular formula is C14H22N2O. The van der Waals surface area contributed by atoms with Crippen LogP contribution in [0.4, 0.5) is 0 Å². The largest absolute Gasteiger partial charge is 0.384 e. The first kappa shape index (κ1) is 11.3. The lowest BCUT2D eigenvalue weighted by Crippen LogP contribution is -2.43. The quantitative estimate of drug-likeness (QED) is 0.749. The van der Waals surface area contributed by atoms with Crippen molar-refractivity contribution in [2.75, 3.05) is 13.6 Å².